The molecule has 1 aliphatic rings. The molecule has 5 N–H and O–H groups in total. The number of aromatic nitrogens is 3. The summed E-state index contributed by atoms with van der Waals surface area (Å²) in [6.45, 7) is 2.87. The van der Waals surface area contributed by atoms with Crippen molar-refractivity contribution in [3.63, 3.8) is 0 Å². The van der Waals surface area contributed by atoms with E-state index in [0.717, 1.165) is 10.6 Å². The first kappa shape index (κ1) is 16.2. The SMILES string of the molecule is Cc1cc(-c2nc(N[C@@H]3CCOC[C@@H]3N)c(F)c3c[nH]c(O)c23)sn1. The largest absolute Gasteiger partial charge is 0.494 e. The normalized spacial score (nSPS) is 20.9. The zero-order valence-corrected chi connectivity index (χ0v) is 14.4. The highest BCUT2D eigenvalue weighted by Crippen LogP contribution is 2.38. The van der Waals surface area contributed by atoms with Crippen LogP contribution in [-0.4, -0.2) is 44.7 Å². The molecule has 1 fully saturated rings. The van der Waals surface area contributed by atoms with Crippen molar-refractivity contribution in [2.45, 2.75) is 25.4 Å². The molecule has 0 amide bonds. The topological polar surface area (TPSA) is 109 Å². The molecule has 0 radical (unpaired) electrons. The maximum atomic E-state index is 14.9. The molecule has 2 atom stereocenters. The molecular weight excluding hydrogens is 345 g/mol. The standard InChI is InChI=1S/C16H18FN5O2S/c1-7-4-11(25-22-7)14-12-8(5-19-16(12)23)13(17)15(21-14)20-10-2-3-24-6-9(10)18/h4-5,9-10,19-20,23H,2-3,6,18H2,1H3/t9-,10+/m0/s1. The quantitative estimate of drug-likeness (QED) is 0.569. The summed E-state index contributed by atoms with van der Waals surface area (Å²) in [6, 6.07) is 1.50. The minimum Gasteiger partial charge on any atom is -0.494 e. The van der Waals surface area contributed by atoms with Crippen LogP contribution in [0.5, 0.6) is 5.88 Å². The second-order valence-electron chi connectivity index (χ2n) is 6.16. The van der Waals surface area contributed by atoms with Gasteiger partial charge in [-0.1, -0.05) is 0 Å². The number of nitrogens with two attached hydrogens (primary N) is 1. The average Bonchev–Trinajstić information content (AvgIpc) is 3.19. The van der Waals surface area contributed by atoms with E-state index < -0.39 is 5.82 Å². The number of hydrogen-bond acceptors (Lipinski definition) is 7. The number of aromatic amines is 1. The van der Waals surface area contributed by atoms with Crippen LogP contribution in [0.3, 0.4) is 0 Å². The Morgan fingerprint density at radius 1 is 1.52 bits per heavy atom. The first-order chi connectivity index (χ1) is 12.0. The Morgan fingerprint density at radius 3 is 3.08 bits per heavy atom. The second-order valence-corrected chi connectivity index (χ2v) is 6.96. The number of pyridine rings is 1. The van der Waals surface area contributed by atoms with E-state index in [1.165, 1.54) is 17.7 Å². The van der Waals surface area contributed by atoms with Crippen LogP contribution in [0.25, 0.3) is 21.3 Å². The number of ether oxygens (including phenoxy) is 1. The third-order valence-corrected chi connectivity index (χ3v) is 5.24. The van der Waals surface area contributed by atoms with E-state index in [1.807, 2.05) is 13.0 Å². The summed E-state index contributed by atoms with van der Waals surface area (Å²) in [5.41, 5.74) is 7.39. The van der Waals surface area contributed by atoms with E-state index in [4.69, 9.17) is 10.5 Å². The molecule has 7 nitrogen and oxygen atoms in total. The van der Waals surface area contributed by atoms with Crippen molar-refractivity contribution in [3.8, 4) is 16.5 Å². The molecule has 0 aromatic carbocycles. The van der Waals surface area contributed by atoms with E-state index in [9.17, 15) is 9.50 Å². The number of fused-ring (bicyclic) bond motifs is 1. The minimum atomic E-state index is -0.518. The van der Waals surface area contributed by atoms with Crippen LogP contribution in [0.4, 0.5) is 10.2 Å². The molecular formula is C16H18FN5O2S. The third kappa shape index (κ3) is 2.84. The van der Waals surface area contributed by atoms with Crippen molar-refractivity contribution >= 4 is 28.1 Å². The zero-order valence-electron chi connectivity index (χ0n) is 13.5. The van der Waals surface area contributed by atoms with Gasteiger partial charge in [-0.15, -0.1) is 0 Å². The Morgan fingerprint density at radius 2 is 2.36 bits per heavy atom. The summed E-state index contributed by atoms with van der Waals surface area (Å²) in [7, 11) is 0. The number of halogens is 1. The zero-order chi connectivity index (χ0) is 17.6. The minimum absolute atomic E-state index is 0.114. The number of rotatable bonds is 3. The van der Waals surface area contributed by atoms with Gasteiger partial charge in [0.1, 0.15) is 0 Å². The molecule has 25 heavy (non-hydrogen) atoms. The van der Waals surface area contributed by atoms with Gasteiger partial charge in [0.15, 0.2) is 17.5 Å². The summed E-state index contributed by atoms with van der Waals surface area (Å²) in [5, 5.41) is 13.8. The highest BCUT2D eigenvalue weighted by molar-refractivity contribution is 7.09. The molecule has 0 unspecified atom stereocenters. The van der Waals surface area contributed by atoms with Gasteiger partial charge in [0.05, 0.1) is 28.3 Å². The van der Waals surface area contributed by atoms with Crippen LogP contribution in [-0.2, 0) is 4.74 Å². The number of aryl methyl sites for hydroxylation is 1. The van der Waals surface area contributed by atoms with Crippen molar-refractivity contribution in [3.05, 3.63) is 23.8 Å². The lowest BCUT2D eigenvalue weighted by atomic mass is 10.0. The maximum Gasteiger partial charge on any atom is 0.198 e. The van der Waals surface area contributed by atoms with E-state index >= 15 is 0 Å². The highest BCUT2D eigenvalue weighted by Gasteiger charge is 2.26. The number of hydrogen-bond donors (Lipinski definition) is 4. The monoisotopic (exact) mass is 363 g/mol. The molecule has 0 aliphatic carbocycles. The molecule has 1 aliphatic heterocycles. The third-order valence-electron chi connectivity index (χ3n) is 4.35. The summed E-state index contributed by atoms with van der Waals surface area (Å²) < 4.78 is 24.5. The maximum absolute atomic E-state index is 14.9. The van der Waals surface area contributed by atoms with Crippen LogP contribution >= 0.6 is 11.5 Å². The predicted octanol–water partition coefficient (Wildman–Crippen LogP) is 2.37. The van der Waals surface area contributed by atoms with Gasteiger partial charge in [0.25, 0.3) is 0 Å². The summed E-state index contributed by atoms with van der Waals surface area (Å²) in [5.74, 6) is -0.512. The van der Waals surface area contributed by atoms with Crippen molar-refractivity contribution in [2.24, 2.45) is 5.73 Å². The summed E-state index contributed by atoms with van der Waals surface area (Å²) >= 11 is 1.26. The van der Waals surface area contributed by atoms with Gasteiger partial charge < -0.3 is 25.9 Å². The number of anilines is 1. The number of aromatic hydroxyl groups is 1. The number of nitrogens with one attached hydrogen (secondary N) is 2. The molecule has 9 heteroatoms. The molecule has 4 heterocycles. The molecule has 3 aromatic heterocycles. The van der Waals surface area contributed by atoms with Crippen LogP contribution in [0.1, 0.15) is 12.1 Å². The van der Waals surface area contributed by atoms with Gasteiger partial charge in [0, 0.05) is 30.3 Å². The van der Waals surface area contributed by atoms with Crippen LogP contribution in [0, 0.1) is 12.7 Å². The number of H-pyrrole nitrogens is 1. The lowest BCUT2D eigenvalue weighted by Crippen LogP contribution is -2.47. The van der Waals surface area contributed by atoms with Gasteiger partial charge in [-0.3, -0.25) is 0 Å². The molecule has 1 saturated heterocycles. The molecule has 3 aromatic rings. The molecule has 0 bridgehead atoms. The lowest BCUT2D eigenvalue weighted by molar-refractivity contribution is 0.0751. The van der Waals surface area contributed by atoms with Crippen LogP contribution in [0.2, 0.25) is 0 Å². The molecule has 132 valence electrons. The Labute approximate surface area is 147 Å². The number of nitrogens with zero attached hydrogens (tertiary/aromatic N) is 2. The van der Waals surface area contributed by atoms with E-state index in [1.54, 1.807) is 0 Å². The van der Waals surface area contributed by atoms with E-state index in [0.29, 0.717) is 30.7 Å². The Balaban J connectivity index is 1.83. The lowest BCUT2D eigenvalue weighted by Gasteiger charge is -2.30. The molecule has 0 spiro atoms. The van der Waals surface area contributed by atoms with Gasteiger partial charge in [-0.2, -0.15) is 4.37 Å². The van der Waals surface area contributed by atoms with Gasteiger partial charge in [-0.05, 0) is 30.9 Å². The Hall–Kier alpha value is -2.23. The first-order valence-electron chi connectivity index (χ1n) is 7.97. The Bertz CT molecular complexity index is 925. The fraction of sp³-hybridized carbons (Fsp3) is 0.375. The fourth-order valence-electron chi connectivity index (χ4n) is 3.03. The van der Waals surface area contributed by atoms with E-state index in [2.05, 4.69) is 19.7 Å². The fourth-order valence-corrected chi connectivity index (χ4v) is 3.79. The van der Waals surface area contributed by atoms with Crippen LogP contribution < -0.4 is 11.1 Å². The first-order valence-corrected chi connectivity index (χ1v) is 8.75. The van der Waals surface area contributed by atoms with Gasteiger partial charge >= 0.3 is 0 Å². The van der Waals surface area contributed by atoms with Crippen molar-refractivity contribution in [1.29, 1.82) is 0 Å². The average molecular weight is 363 g/mol. The smallest absolute Gasteiger partial charge is 0.198 e. The highest BCUT2D eigenvalue weighted by atomic mass is 32.1. The second kappa shape index (κ2) is 6.25. The van der Waals surface area contributed by atoms with E-state index in [-0.39, 0.29) is 29.2 Å². The molecule has 4 rings (SSSR count). The van der Waals surface area contributed by atoms with Crippen molar-refractivity contribution in [2.75, 3.05) is 18.5 Å². The Kier molecular flexibility index (Phi) is 4.06. The summed E-state index contributed by atoms with van der Waals surface area (Å²) in [4.78, 5) is 7.88. The van der Waals surface area contributed by atoms with Crippen molar-refractivity contribution in [1.82, 2.24) is 14.3 Å². The van der Waals surface area contributed by atoms with Crippen LogP contribution in [0.15, 0.2) is 12.3 Å². The van der Waals surface area contributed by atoms with Crippen molar-refractivity contribution < 1.29 is 14.2 Å². The predicted molar refractivity (Wildman–Crippen MR) is 94.4 cm³/mol. The van der Waals surface area contributed by atoms with Gasteiger partial charge in [-0.25, -0.2) is 9.37 Å². The summed E-state index contributed by atoms with van der Waals surface area (Å²) in [6.07, 6.45) is 2.11. The molecule has 0 saturated carbocycles. The van der Waals surface area contributed by atoms with Gasteiger partial charge in [0.2, 0.25) is 0 Å².